The van der Waals surface area contributed by atoms with Gasteiger partial charge in [-0.05, 0) is 48.4 Å². The minimum atomic E-state index is 0.473. The maximum Gasteiger partial charge on any atom is 0.153 e. The van der Waals surface area contributed by atoms with Crippen molar-refractivity contribution < 1.29 is 0 Å². The second-order valence-corrected chi connectivity index (χ2v) is 6.24. The zero-order valence-corrected chi connectivity index (χ0v) is 13.7. The predicted octanol–water partition coefficient (Wildman–Crippen LogP) is 5.05. The molecule has 1 heterocycles. The third kappa shape index (κ3) is 2.82. The molecule has 106 valence electrons. The van der Waals surface area contributed by atoms with Gasteiger partial charge in [-0.2, -0.15) is 5.10 Å². The molecule has 0 aliphatic carbocycles. The van der Waals surface area contributed by atoms with E-state index in [1.807, 2.05) is 43.3 Å². The second kappa shape index (κ2) is 5.54. The zero-order valence-electron chi connectivity index (χ0n) is 11.3. The van der Waals surface area contributed by atoms with Crippen molar-refractivity contribution in [2.24, 2.45) is 0 Å². The Hall–Kier alpha value is -1.78. The Morgan fingerprint density at radius 2 is 1.95 bits per heavy atom. The quantitative estimate of drug-likeness (QED) is 0.670. The van der Waals surface area contributed by atoms with Crippen LogP contribution in [-0.2, 0) is 0 Å². The van der Waals surface area contributed by atoms with Crippen molar-refractivity contribution in [1.82, 2.24) is 10.2 Å². The number of halogens is 2. The lowest BCUT2D eigenvalue weighted by Crippen LogP contribution is -1.89. The van der Waals surface area contributed by atoms with Gasteiger partial charge in [0.1, 0.15) is 0 Å². The Morgan fingerprint density at radius 1 is 1.14 bits per heavy atom. The number of nitrogens with one attached hydrogen (secondary N) is 1. The van der Waals surface area contributed by atoms with Crippen LogP contribution in [0.5, 0.6) is 0 Å². The molecule has 1 aromatic heterocycles. The summed E-state index contributed by atoms with van der Waals surface area (Å²) in [5.41, 5.74) is 10.9. The summed E-state index contributed by atoms with van der Waals surface area (Å²) in [6, 6.07) is 13.9. The van der Waals surface area contributed by atoms with Crippen LogP contribution in [0.15, 0.2) is 46.9 Å². The molecule has 2 aromatic carbocycles. The van der Waals surface area contributed by atoms with Crippen LogP contribution < -0.4 is 5.73 Å². The van der Waals surface area contributed by atoms with E-state index in [2.05, 4.69) is 32.2 Å². The van der Waals surface area contributed by atoms with Crippen LogP contribution in [0.3, 0.4) is 0 Å². The first-order chi connectivity index (χ1) is 10.0. The van der Waals surface area contributed by atoms with Gasteiger partial charge < -0.3 is 5.73 Å². The molecule has 0 bridgehead atoms. The van der Waals surface area contributed by atoms with E-state index in [-0.39, 0.29) is 0 Å². The highest BCUT2D eigenvalue weighted by Gasteiger charge is 2.15. The van der Waals surface area contributed by atoms with E-state index in [4.69, 9.17) is 17.3 Å². The fraction of sp³-hybridized carbons (Fsp3) is 0.0625. The average Bonchev–Trinajstić information content (AvgIpc) is 2.79. The molecule has 0 saturated heterocycles. The van der Waals surface area contributed by atoms with E-state index in [1.165, 1.54) is 0 Å². The van der Waals surface area contributed by atoms with Gasteiger partial charge in [-0.1, -0.05) is 39.7 Å². The minimum Gasteiger partial charge on any atom is -0.382 e. The Morgan fingerprint density at radius 3 is 2.67 bits per heavy atom. The first-order valence-electron chi connectivity index (χ1n) is 6.42. The number of nitrogen functional groups attached to an aromatic ring is 1. The molecule has 0 spiro atoms. The number of H-pyrrole nitrogens is 1. The lowest BCUT2D eigenvalue weighted by atomic mass is 10.00. The topological polar surface area (TPSA) is 54.7 Å². The number of aromatic nitrogens is 2. The monoisotopic (exact) mass is 361 g/mol. The second-order valence-electron chi connectivity index (χ2n) is 4.89. The number of hydrogen-bond acceptors (Lipinski definition) is 2. The van der Waals surface area contributed by atoms with E-state index in [1.54, 1.807) is 0 Å². The third-order valence-electron chi connectivity index (χ3n) is 3.24. The summed E-state index contributed by atoms with van der Waals surface area (Å²) in [7, 11) is 0. The molecular formula is C16H13BrClN3. The van der Waals surface area contributed by atoms with Gasteiger partial charge in [0.25, 0.3) is 0 Å². The van der Waals surface area contributed by atoms with Crippen molar-refractivity contribution in [3.63, 3.8) is 0 Å². The number of hydrogen-bond donors (Lipinski definition) is 2. The molecule has 3 rings (SSSR count). The number of anilines is 1. The summed E-state index contributed by atoms with van der Waals surface area (Å²) < 4.78 is 0.994. The summed E-state index contributed by atoms with van der Waals surface area (Å²) >= 11 is 9.64. The number of nitrogens with two attached hydrogens (primary N) is 1. The number of aromatic amines is 1. The fourth-order valence-electron chi connectivity index (χ4n) is 2.38. The summed E-state index contributed by atoms with van der Waals surface area (Å²) in [5, 5.41) is 7.86. The van der Waals surface area contributed by atoms with Crippen molar-refractivity contribution in [2.45, 2.75) is 6.92 Å². The summed E-state index contributed by atoms with van der Waals surface area (Å²) in [4.78, 5) is 0. The van der Waals surface area contributed by atoms with Gasteiger partial charge in [-0.25, -0.2) is 0 Å². The van der Waals surface area contributed by atoms with Crippen LogP contribution in [0.1, 0.15) is 5.56 Å². The van der Waals surface area contributed by atoms with Gasteiger partial charge in [0.15, 0.2) is 5.82 Å². The third-order valence-corrected chi connectivity index (χ3v) is 3.95. The molecule has 0 fully saturated rings. The van der Waals surface area contributed by atoms with Gasteiger partial charge in [0, 0.05) is 15.1 Å². The Bertz CT molecular complexity index is 791. The van der Waals surface area contributed by atoms with E-state index >= 15 is 0 Å². The van der Waals surface area contributed by atoms with Crippen molar-refractivity contribution >= 4 is 33.3 Å². The van der Waals surface area contributed by atoms with E-state index in [0.29, 0.717) is 10.8 Å². The predicted molar refractivity (Wildman–Crippen MR) is 91.3 cm³/mol. The maximum absolute atomic E-state index is 6.16. The highest BCUT2D eigenvalue weighted by molar-refractivity contribution is 9.10. The fourth-order valence-corrected chi connectivity index (χ4v) is 3.07. The number of rotatable bonds is 2. The van der Waals surface area contributed by atoms with Crippen molar-refractivity contribution in [2.75, 3.05) is 5.73 Å². The number of nitrogens with zero attached hydrogens (tertiary/aromatic N) is 1. The van der Waals surface area contributed by atoms with Gasteiger partial charge in [0.2, 0.25) is 0 Å². The molecule has 0 radical (unpaired) electrons. The van der Waals surface area contributed by atoms with Crippen molar-refractivity contribution in [3.8, 4) is 22.4 Å². The molecule has 0 aliphatic rings. The van der Waals surface area contributed by atoms with Crippen molar-refractivity contribution in [1.29, 1.82) is 0 Å². The molecule has 0 atom stereocenters. The lowest BCUT2D eigenvalue weighted by molar-refractivity contribution is 1.10. The number of benzene rings is 2. The Kier molecular flexibility index (Phi) is 3.74. The molecule has 3 nitrogen and oxygen atoms in total. The summed E-state index contributed by atoms with van der Waals surface area (Å²) in [6.07, 6.45) is 0. The Labute approximate surface area is 136 Å². The molecule has 0 aliphatic heterocycles. The van der Waals surface area contributed by atoms with Crippen LogP contribution in [-0.4, -0.2) is 10.2 Å². The SMILES string of the molecule is Cc1cc(Cl)cc(-c2[nH]nc(N)c2-c2cccc(Br)c2)c1. The molecule has 3 N–H and O–H groups in total. The van der Waals surface area contributed by atoms with Gasteiger partial charge in [-0.15, -0.1) is 0 Å². The highest BCUT2D eigenvalue weighted by atomic mass is 79.9. The van der Waals surface area contributed by atoms with E-state index < -0.39 is 0 Å². The minimum absolute atomic E-state index is 0.473. The molecule has 3 aromatic rings. The first-order valence-corrected chi connectivity index (χ1v) is 7.59. The first kappa shape index (κ1) is 14.2. The maximum atomic E-state index is 6.16. The highest BCUT2D eigenvalue weighted by Crippen LogP contribution is 2.36. The zero-order chi connectivity index (χ0) is 15.0. The Balaban J connectivity index is 2.21. The molecule has 0 unspecified atom stereocenters. The smallest absolute Gasteiger partial charge is 0.153 e. The van der Waals surface area contributed by atoms with Gasteiger partial charge in [0.05, 0.1) is 11.3 Å². The van der Waals surface area contributed by atoms with Gasteiger partial charge in [-0.3, -0.25) is 5.10 Å². The van der Waals surface area contributed by atoms with Crippen LogP contribution in [0.2, 0.25) is 5.02 Å². The van der Waals surface area contributed by atoms with Crippen LogP contribution in [0.4, 0.5) is 5.82 Å². The van der Waals surface area contributed by atoms with Crippen LogP contribution in [0.25, 0.3) is 22.4 Å². The molecule has 0 amide bonds. The normalized spacial score (nSPS) is 10.8. The lowest BCUT2D eigenvalue weighted by Gasteiger charge is -2.07. The van der Waals surface area contributed by atoms with Crippen LogP contribution >= 0.6 is 27.5 Å². The summed E-state index contributed by atoms with van der Waals surface area (Å²) in [5.74, 6) is 0.473. The molecule has 21 heavy (non-hydrogen) atoms. The molecule has 5 heteroatoms. The van der Waals surface area contributed by atoms with E-state index in [0.717, 1.165) is 32.4 Å². The van der Waals surface area contributed by atoms with Crippen LogP contribution in [0, 0.1) is 6.92 Å². The standard InChI is InChI=1S/C16H13BrClN3/c1-9-5-11(8-13(18)6-9)15-14(16(19)21-20-15)10-3-2-4-12(17)7-10/h2-8H,1H3,(H3,19,20,21). The average molecular weight is 363 g/mol. The molecule has 0 saturated carbocycles. The van der Waals surface area contributed by atoms with E-state index in [9.17, 15) is 0 Å². The molecular weight excluding hydrogens is 350 g/mol. The van der Waals surface area contributed by atoms with Gasteiger partial charge >= 0.3 is 0 Å². The largest absolute Gasteiger partial charge is 0.382 e. The van der Waals surface area contributed by atoms with Crippen molar-refractivity contribution in [3.05, 3.63) is 57.5 Å². The summed E-state index contributed by atoms with van der Waals surface area (Å²) in [6.45, 7) is 2.01. The number of aryl methyl sites for hydroxylation is 1.